The van der Waals surface area contributed by atoms with Gasteiger partial charge in [0.15, 0.2) is 0 Å². The van der Waals surface area contributed by atoms with Gasteiger partial charge in [0.05, 0.1) is 5.52 Å². The van der Waals surface area contributed by atoms with E-state index in [4.69, 9.17) is 22.7 Å². The minimum Gasteiger partial charge on any atom is -0.439 e. The third-order valence-electron chi connectivity index (χ3n) is 2.92. The summed E-state index contributed by atoms with van der Waals surface area (Å²) in [5.74, 6) is 1.21. The summed E-state index contributed by atoms with van der Waals surface area (Å²) in [6.45, 7) is 0. The second-order valence-corrected chi connectivity index (χ2v) is 4.74. The van der Waals surface area contributed by atoms with E-state index in [1.165, 1.54) is 0 Å². The predicted molar refractivity (Wildman–Crippen MR) is 84.1 cm³/mol. The van der Waals surface area contributed by atoms with Gasteiger partial charge in [0.25, 0.3) is 0 Å². The van der Waals surface area contributed by atoms with E-state index in [1.54, 1.807) is 6.07 Å². The average molecular weight is 280 g/mol. The van der Waals surface area contributed by atoms with Crippen LogP contribution in [0.4, 0.5) is 0 Å². The fourth-order valence-electron chi connectivity index (χ4n) is 2.02. The van der Waals surface area contributed by atoms with Gasteiger partial charge in [-0.05, 0) is 18.2 Å². The average Bonchev–Trinajstić information content (AvgIpc) is 2.47. The number of nitrogens with zero attached hydrogens (tertiary/aromatic N) is 1. The molecule has 0 aliphatic heterocycles. The first-order valence-electron chi connectivity index (χ1n) is 6.16. The molecule has 0 spiro atoms. The molecule has 0 aliphatic rings. The van der Waals surface area contributed by atoms with E-state index in [2.05, 4.69) is 4.98 Å². The van der Waals surface area contributed by atoms with E-state index in [1.807, 2.05) is 54.6 Å². The van der Waals surface area contributed by atoms with Gasteiger partial charge in [-0.15, -0.1) is 0 Å². The van der Waals surface area contributed by atoms with Crippen LogP contribution < -0.4 is 10.5 Å². The fourth-order valence-corrected chi connectivity index (χ4v) is 2.19. The number of rotatable bonds is 3. The van der Waals surface area contributed by atoms with Gasteiger partial charge in [0, 0.05) is 17.0 Å². The Kier molecular flexibility index (Phi) is 3.31. The number of thiocarbonyl (C=S) groups is 1. The van der Waals surface area contributed by atoms with Gasteiger partial charge in [0.2, 0.25) is 5.88 Å². The van der Waals surface area contributed by atoms with Crippen molar-refractivity contribution in [3.8, 4) is 11.6 Å². The molecular formula is C16H12N2OS. The molecule has 0 radical (unpaired) electrons. The van der Waals surface area contributed by atoms with Crippen LogP contribution in [0.15, 0.2) is 60.7 Å². The summed E-state index contributed by atoms with van der Waals surface area (Å²) in [5, 5.41) is 0.931. The lowest BCUT2D eigenvalue weighted by Gasteiger charge is -2.09. The molecule has 0 fully saturated rings. The lowest BCUT2D eigenvalue weighted by Crippen LogP contribution is -2.10. The molecule has 1 aromatic heterocycles. The molecule has 4 heteroatoms. The molecule has 0 saturated carbocycles. The summed E-state index contributed by atoms with van der Waals surface area (Å²) in [6, 6.07) is 19.0. The molecule has 2 aromatic carbocycles. The van der Waals surface area contributed by atoms with Crippen LogP contribution in [0.5, 0.6) is 11.6 Å². The molecule has 0 atom stereocenters. The van der Waals surface area contributed by atoms with Crippen LogP contribution in [-0.4, -0.2) is 9.97 Å². The highest BCUT2D eigenvalue weighted by Crippen LogP contribution is 2.25. The van der Waals surface area contributed by atoms with E-state index in [9.17, 15) is 0 Å². The van der Waals surface area contributed by atoms with Gasteiger partial charge in [0.1, 0.15) is 10.7 Å². The van der Waals surface area contributed by atoms with Crippen molar-refractivity contribution >= 4 is 28.1 Å². The third-order valence-corrected chi connectivity index (χ3v) is 3.14. The zero-order valence-electron chi connectivity index (χ0n) is 10.6. The van der Waals surface area contributed by atoms with E-state index in [0.29, 0.717) is 10.9 Å². The molecule has 0 bridgehead atoms. The van der Waals surface area contributed by atoms with Crippen LogP contribution in [-0.2, 0) is 0 Å². The first kappa shape index (κ1) is 12.6. The van der Waals surface area contributed by atoms with Crippen molar-refractivity contribution in [1.82, 2.24) is 4.98 Å². The van der Waals surface area contributed by atoms with Crippen molar-refractivity contribution in [2.75, 3.05) is 0 Å². The standard InChI is InChI=1S/C16H12N2OS/c17-16(20)13-10-15(19-11-6-2-1-3-7-11)18-14-9-5-4-8-12(13)14/h1-10H,(H2,17,20). The molecule has 1 heterocycles. The normalized spacial score (nSPS) is 10.4. The molecule has 3 nitrogen and oxygen atoms in total. The van der Waals surface area contributed by atoms with Crippen LogP contribution in [0, 0.1) is 0 Å². The van der Waals surface area contributed by atoms with E-state index >= 15 is 0 Å². The maximum absolute atomic E-state index is 5.79. The number of hydrogen-bond donors (Lipinski definition) is 1. The Balaban J connectivity index is 2.10. The first-order chi connectivity index (χ1) is 9.74. The number of para-hydroxylation sites is 2. The Bertz CT molecular complexity index is 772. The van der Waals surface area contributed by atoms with Gasteiger partial charge in [-0.2, -0.15) is 0 Å². The number of aromatic nitrogens is 1. The van der Waals surface area contributed by atoms with Gasteiger partial charge in [-0.25, -0.2) is 4.98 Å². The molecule has 0 unspecified atom stereocenters. The highest BCUT2D eigenvalue weighted by Gasteiger charge is 2.09. The number of hydrogen-bond acceptors (Lipinski definition) is 3. The minimum absolute atomic E-state index is 0.335. The van der Waals surface area contributed by atoms with Gasteiger partial charge >= 0.3 is 0 Å². The molecule has 3 rings (SSSR count). The highest BCUT2D eigenvalue weighted by atomic mass is 32.1. The molecule has 0 saturated heterocycles. The largest absolute Gasteiger partial charge is 0.439 e. The zero-order valence-corrected chi connectivity index (χ0v) is 11.4. The fraction of sp³-hybridized carbons (Fsp3) is 0. The van der Waals surface area contributed by atoms with Crippen LogP contribution in [0.2, 0.25) is 0 Å². The molecule has 3 aromatic rings. The predicted octanol–water partition coefficient (Wildman–Crippen LogP) is 3.66. The second kappa shape index (κ2) is 5.27. The van der Waals surface area contributed by atoms with Crippen molar-refractivity contribution in [1.29, 1.82) is 0 Å². The van der Waals surface area contributed by atoms with Crippen LogP contribution in [0.1, 0.15) is 5.56 Å². The quantitative estimate of drug-likeness (QED) is 0.744. The maximum Gasteiger partial charge on any atom is 0.220 e. The van der Waals surface area contributed by atoms with E-state index in [-0.39, 0.29) is 0 Å². The summed E-state index contributed by atoms with van der Waals surface area (Å²) in [5.41, 5.74) is 7.37. The summed E-state index contributed by atoms with van der Waals surface area (Å²) in [4.78, 5) is 4.81. The Morgan fingerprint density at radius 1 is 1.00 bits per heavy atom. The highest BCUT2D eigenvalue weighted by molar-refractivity contribution is 7.80. The summed E-state index contributed by atoms with van der Waals surface area (Å²) in [7, 11) is 0. The van der Waals surface area contributed by atoms with Crippen molar-refractivity contribution in [3.05, 3.63) is 66.2 Å². The molecule has 98 valence electrons. The molecule has 0 amide bonds. The first-order valence-corrected chi connectivity index (χ1v) is 6.57. The molecular weight excluding hydrogens is 268 g/mol. The molecule has 20 heavy (non-hydrogen) atoms. The van der Waals surface area contributed by atoms with Gasteiger partial charge in [-0.1, -0.05) is 48.6 Å². The van der Waals surface area contributed by atoms with Crippen LogP contribution >= 0.6 is 12.2 Å². The molecule has 0 aliphatic carbocycles. The summed E-state index contributed by atoms with van der Waals surface area (Å²) < 4.78 is 5.75. The van der Waals surface area contributed by atoms with Crippen molar-refractivity contribution in [2.24, 2.45) is 5.73 Å². The third kappa shape index (κ3) is 2.46. The Morgan fingerprint density at radius 2 is 1.70 bits per heavy atom. The zero-order chi connectivity index (χ0) is 13.9. The van der Waals surface area contributed by atoms with Crippen molar-refractivity contribution < 1.29 is 4.74 Å². The summed E-state index contributed by atoms with van der Waals surface area (Å²) >= 11 is 5.11. The Hall–Kier alpha value is -2.46. The van der Waals surface area contributed by atoms with Gasteiger partial charge in [-0.3, -0.25) is 0 Å². The number of benzene rings is 2. The number of fused-ring (bicyclic) bond motifs is 1. The topological polar surface area (TPSA) is 48.1 Å². The van der Waals surface area contributed by atoms with E-state index < -0.39 is 0 Å². The van der Waals surface area contributed by atoms with Crippen molar-refractivity contribution in [2.45, 2.75) is 0 Å². The Labute approximate surface area is 122 Å². The lowest BCUT2D eigenvalue weighted by molar-refractivity contribution is 0.465. The monoisotopic (exact) mass is 280 g/mol. The second-order valence-electron chi connectivity index (χ2n) is 4.30. The Morgan fingerprint density at radius 3 is 2.45 bits per heavy atom. The minimum atomic E-state index is 0.335. The number of nitrogens with two attached hydrogens (primary N) is 1. The molecule has 2 N–H and O–H groups in total. The lowest BCUT2D eigenvalue weighted by atomic mass is 10.1. The van der Waals surface area contributed by atoms with Gasteiger partial charge < -0.3 is 10.5 Å². The van der Waals surface area contributed by atoms with Crippen LogP contribution in [0.3, 0.4) is 0 Å². The smallest absolute Gasteiger partial charge is 0.220 e. The van der Waals surface area contributed by atoms with E-state index in [0.717, 1.165) is 22.2 Å². The SMILES string of the molecule is NC(=S)c1cc(Oc2ccccc2)nc2ccccc12. The van der Waals surface area contributed by atoms with Crippen molar-refractivity contribution in [3.63, 3.8) is 0 Å². The van der Waals surface area contributed by atoms with Crippen LogP contribution in [0.25, 0.3) is 10.9 Å². The number of pyridine rings is 1. The summed E-state index contributed by atoms with van der Waals surface area (Å²) in [6.07, 6.45) is 0. The number of ether oxygens (including phenoxy) is 1. The maximum atomic E-state index is 5.79.